The zero-order valence-corrected chi connectivity index (χ0v) is 7.52. The van der Waals surface area contributed by atoms with Crippen LogP contribution in [0.25, 0.3) is 10.9 Å². The number of hydrogen-bond acceptors (Lipinski definition) is 2. The number of carboxylic acid groups (broad SMARTS) is 2. The highest BCUT2D eigenvalue weighted by molar-refractivity contribution is 6.10. The van der Waals surface area contributed by atoms with Gasteiger partial charge in [0.1, 0.15) is 0 Å². The molecule has 0 unspecified atom stereocenters. The average molecular weight is 205 g/mol. The second kappa shape index (κ2) is 3.13. The predicted octanol–water partition coefficient (Wildman–Crippen LogP) is 1.56. The lowest BCUT2D eigenvalue weighted by atomic mass is 10.0. The molecule has 0 spiro atoms. The average Bonchev–Trinajstić information content (AvgIpc) is 2.62. The van der Waals surface area contributed by atoms with Crippen molar-refractivity contribution in [1.82, 2.24) is 4.98 Å². The van der Waals surface area contributed by atoms with Gasteiger partial charge in [-0.3, -0.25) is 0 Å². The van der Waals surface area contributed by atoms with E-state index in [-0.39, 0.29) is 11.1 Å². The number of aromatic carboxylic acids is 2. The van der Waals surface area contributed by atoms with Gasteiger partial charge in [-0.25, -0.2) is 9.59 Å². The lowest BCUT2D eigenvalue weighted by Gasteiger charge is -2.02. The van der Waals surface area contributed by atoms with E-state index in [2.05, 4.69) is 4.98 Å². The molecule has 0 aliphatic carbocycles. The zero-order valence-electron chi connectivity index (χ0n) is 7.52. The molecule has 76 valence electrons. The zero-order chi connectivity index (χ0) is 11.0. The number of fused-ring (bicyclic) bond motifs is 1. The summed E-state index contributed by atoms with van der Waals surface area (Å²) < 4.78 is 0. The van der Waals surface area contributed by atoms with Crippen molar-refractivity contribution < 1.29 is 19.8 Å². The summed E-state index contributed by atoms with van der Waals surface area (Å²) >= 11 is 0. The molecule has 0 amide bonds. The summed E-state index contributed by atoms with van der Waals surface area (Å²) in [7, 11) is 0. The Morgan fingerprint density at radius 3 is 2.40 bits per heavy atom. The second-order valence-electron chi connectivity index (χ2n) is 3.04. The van der Waals surface area contributed by atoms with Crippen LogP contribution >= 0.6 is 0 Å². The van der Waals surface area contributed by atoms with E-state index in [4.69, 9.17) is 10.2 Å². The molecule has 0 aliphatic heterocycles. The Kier molecular flexibility index (Phi) is 1.93. The van der Waals surface area contributed by atoms with Gasteiger partial charge in [-0.2, -0.15) is 0 Å². The maximum atomic E-state index is 11.0. The minimum atomic E-state index is -1.25. The molecule has 1 aromatic carbocycles. The molecule has 0 atom stereocenters. The fraction of sp³-hybridized carbons (Fsp3) is 0. The van der Waals surface area contributed by atoms with Crippen LogP contribution in [0.4, 0.5) is 0 Å². The van der Waals surface area contributed by atoms with Crippen LogP contribution in [0.3, 0.4) is 0 Å². The number of nitrogens with one attached hydrogen (secondary N) is 1. The van der Waals surface area contributed by atoms with Gasteiger partial charge in [-0.1, -0.05) is 6.07 Å². The topological polar surface area (TPSA) is 90.4 Å². The molecule has 5 heteroatoms. The van der Waals surface area contributed by atoms with Crippen LogP contribution in [0.5, 0.6) is 0 Å². The van der Waals surface area contributed by atoms with Crippen LogP contribution in [-0.4, -0.2) is 27.1 Å². The van der Waals surface area contributed by atoms with Gasteiger partial charge in [0.25, 0.3) is 0 Å². The Morgan fingerprint density at radius 2 is 1.80 bits per heavy atom. The second-order valence-corrected chi connectivity index (χ2v) is 3.04. The monoisotopic (exact) mass is 205 g/mol. The molecular formula is C10H7NO4. The molecule has 3 N–H and O–H groups in total. The summed E-state index contributed by atoms with van der Waals surface area (Å²) in [6, 6.07) is 4.55. The molecule has 2 aromatic rings. The summed E-state index contributed by atoms with van der Waals surface area (Å²) in [5.41, 5.74) is -0.0788. The minimum Gasteiger partial charge on any atom is -0.478 e. The summed E-state index contributed by atoms with van der Waals surface area (Å²) in [6.07, 6.45) is 1.57. The number of rotatable bonds is 2. The van der Waals surface area contributed by atoms with Gasteiger partial charge in [0.15, 0.2) is 0 Å². The number of carboxylic acids is 2. The Balaban J connectivity index is 2.87. The molecule has 5 nitrogen and oxygen atoms in total. The van der Waals surface area contributed by atoms with Crippen molar-refractivity contribution in [2.24, 2.45) is 0 Å². The van der Waals surface area contributed by atoms with Crippen LogP contribution in [0.2, 0.25) is 0 Å². The van der Waals surface area contributed by atoms with E-state index in [1.807, 2.05) is 0 Å². The molecule has 0 aliphatic rings. The highest BCUT2D eigenvalue weighted by atomic mass is 16.4. The third-order valence-electron chi connectivity index (χ3n) is 2.17. The first-order chi connectivity index (χ1) is 7.11. The summed E-state index contributed by atoms with van der Waals surface area (Å²) in [6.45, 7) is 0. The molecule has 2 rings (SSSR count). The molecule has 0 saturated heterocycles. The molecular weight excluding hydrogens is 198 g/mol. The quantitative estimate of drug-likeness (QED) is 0.693. The van der Waals surface area contributed by atoms with E-state index in [0.29, 0.717) is 10.9 Å². The Morgan fingerprint density at radius 1 is 1.07 bits per heavy atom. The van der Waals surface area contributed by atoms with E-state index in [1.54, 1.807) is 18.3 Å². The van der Waals surface area contributed by atoms with E-state index < -0.39 is 11.9 Å². The number of aromatic amines is 1. The minimum absolute atomic E-state index is 0.204. The van der Waals surface area contributed by atoms with Crippen molar-refractivity contribution in [3.8, 4) is 0 Å². The standard InChI is InChI=1S/C10H7NO4/c12-9(13)6-2-1-5-3-4-11-8(5)7(6)10(14)15/h1-4,11H,(H,12,13)(H,14,15). The van der Waals surface area contributed by atoms with Crippen molar-refractivity contribution in [3.05, 3.63) is 35.5 Å². The number of benzene rings is 1. The van der Waals surface area contributed by atoms with Gasteiger partial charge in [-0.05, 0) is 12.1 Å². The van der Waals surface area contributed by atoms with Crippen molar-refractivity contribution in [2.45, 2.75) is 0 Å². The maximum Gasteiger partial charge on any atom is 0.338 e. The Hall–Kier alpha value is -2.30. The molecule has 0 fully saturated rings. The van der Waals surface area contributed by atoms with Crippen LogP contribution in [0.15, 0.2) is 24.4 Å². The molecule has 15 heavy (non-hydrogen) atoms. The van der Waals surface area contributed by atoms with Crippen LogP contribution in [-0.2, 0) is 0 Å². The van der Waals surface area contributed by atoms with E-state index in [9.17, 15) is 9.59 Å². The van der Waals surface area contributed by atoms with E-state index in [1.165, 1.54) is 6.07 Å². The molecule has 0 bridgehead atoms. The third kappa shape index (κ3) is 1.34. The predicted molar refractivity (Wildman–Crippen MR) is 52.2 cm³/mol. The first-order valence-corrected chi connectivity index (χ1v) is 4.18. The normalized spacial score (nSPS) is 10.4. The highest BCUT2D eigenvalue weighted by Gasteiger charge is 2.19. The summed E-state index contributed by atoms with van der Waals surface area (Å²) in [5.74, 6) is -2.50. The van der Waals surface area contributed by atoms with Crippen molar-refractivity contribution >= 4 is 22.8 Å². The lowest BCUT2D eigenvalue weighted by molar-refractivity contribution is 0.0653. The molecule has 1 heterocycles. The number of H-pyrrole nitrogens is 1. The van der Waals surface area contributed by atoms with E-state index in [0.717, 1.165) is 0 Å². The van der Waals surface area contributed by atoms with Gasteiger partial charge >= 0.3 is 11.9 Å². The lowest BCUT2D eigenvalue weighted by Crippen LogP contribution is -2.08. The third-order valence-corrected chi connectivity index (χ3v) is 2.17. The Bertz CT molecular complexity index is 556. The van der Waals surface area contributed by atoms with Gasteiger partial charge in [0, 0.05) is 11.6 Å². The summed E-state index contributed by atoms with van der Waals surface area (Å²) in [4.78, 5) is 24.5. The van der Waals surface area contributed by atoms with E-state index >= 15 is 0 Å². The maximum absolute atomic E-state index is 11.0. The van der Waals surface area contributed by atoms with Gasteiger partial charge in [0.05, 0.1) is 16.6 Å². The fourth-order valence-electron chi connectivity index (χ4n) is 1.53. The van der Waals surface area contributed by atoms with Crippen LogP contribution in [0, 0.1) is 0 Å². The molecule has 1 aromatic heterocycles. The van der Waals surface area contributed by atoms with Crippen LogP contribution < -0.4 is 0 Å². The SMILES string of the molecule is O=C(O)c1ccc2cc[nH]c2c1C(=O)O. The molecule has 0 radical (unpaired) electrons. The fourth-order valence-corrected chi connectivity index (χ4v) is 1.53. The first kappa shape index (κ1) is 9.26. The smallest absolute Gasteiger partial charge is 0.338 e. The van der Waals surface area contributed by atoms with Gasteiger partial charge < -0.3 is 15.2 Å². The van der Waals surface area contributed by atoms with Crippen molar-refractivity contribution in [3.63, 3.8) is 0 Å². The number of aromatic nitrogens is 1. The largest absolute Gasteiger partial charge is 0.478 e. The van der Waals surface area contributed by atoms with Crippen molar-refractivity contribution in [1.29, 1.82) is 0 Å². The van der Waals surface area contributed by atoms with Crippen molar-refractivity contribution in [2.75, 3.05) is 0 Å². The van der Waals surface area contributed by atoms with Crippen LogP contribution in [0.1, 0.15) is 20.7 Å². The molecule has 0 saturated carbocycles. The number of hydrogen-bond donors (Lipinski definition) is 3. The highest BCUT2D eigenvalue weighted by Crippen LogP contribution is 2.21. The summed E-state index contributed by atoms with van der Waals surface area (Å²) in [5, 5.41) is 18.5. The van der Waals surface area contributed by atoms with Gasteiger partial charge in [0.2, 0.25) is 0 Å². The number of carbonyl (C=O) groups is 2. The van der Waals surface area contributed by atoms with Gasteiger partial charge in [-0.15, -0.1) is 0 Å². The Labute approximate surface area is 84.0 Å². The first-order valence-electron chi connectivity index (χ1n) is 4.18.